The van der Waals surface area contributed by atoms with E-state index in [1.54, 1.807) is 0 Å². The summed E-state index contributed by atoms with van der Waals surface area (Å²) in [4.78, 5) is 11.4. The number of hydrogen-bond donors (Lipinski definition) is 1. The van der Waals surface area contributed by atoms with Crippen molar-refractivity contribution >= 4 is 5.97 Å². The molecular weight excluding hydrogens is 206 g/mol. The van der Waals surface area contributed by atoms with E-state index in [0.29, 0.717) is 19.6 Å². The van der Waals surface area contributed by atoms with E-state index in [1.165, 1.54) is 19.3 Å². The predicted molar refractivity (Wildman–Crippen MR) is 62.1 cm³/mol. The molecular formula is C12H23NO3. The van der Waals surface area contributed by atoms with Gasteiger partial charge in [-0.15, -0.1) is 0 Å². The summed E-state index contributed by atoms with van der Waals surface area (Å²) in [6, 6.07) is 0. The van der Waals surface area contributed by atoms with Crippen molar-refractivity contribution in [1.82, 2.24) is 5.32 Å². The van der Waals surface area contributed by atoms with Crippen LogP contribution in [-0.4, -0.2) is 32.0 Å². The lowest BCUT2D eigenvalue weighted by Crippen LogP contribution is -2.41. The van der Waals surface area contributed by atoms with Crippen molar-refractivity contribution in [3.63, 3.8) is 0 Å². The Hall–Kier alpha value is -0.610. The minimum Gasteiger partial charge on any atom is -0.434 e. The quantitative estimate of drug-likeness (QED) is 0.534. The van der Waals surface area contributed by atoms with Crippen LogP contribution in [0, 0.1) is 0 Å². The van der Waals surface area contributed by atoms with Crippen LogP contribution >= 0.6 is 0 Å². The average molecular weight is 229 g/mol. The lowest BCUT2D eigenvalue weighted by molar-refractivity contribution is -0.182. The van der Waals surface area contributed by atoms with Gasteiger partial charge in [-0.25, -0.2) is 0 Å². The molecule has 1 saturated heterocycles. The number of esters is 1. The second kappa shape index (κ2) is 8.53. The second-order valence-corrected chi connectivity index (χ2v) is 4.16. The third-order valence-corrected chi connectivity index (χ3v) is 2.64. The van der Waals surface area contributed by atoms with Crippen LogP contribution in [0.2, 0.25) is 0 Å². The Labute approximate surface area is 97.7 Å². The Morgan fingerprint density at radius 1 is 1.38 bits per heavy atom. The molecule has 1 aliphatic rings. The highest BCUT2D eigenvalue weighted by Crippen LogP contribution is 2.07. The number of carbonyl (C=O) groups excluding carboxylic acids is 1. The number of carbonyl (C=O) groups is 1. The van der Waals surface area contributed by atoms with E-state index in [4.69, 9.17) is 9.47 Å². The van der Waals surface area contributed by atoms with E-state index in [-0.39, 0.29) is 12.3 Å². The summed E-state index contributed by atoms with van der Waals surface area (Å²) in [5.41, 5.74) is 0. The predicted octanol–water partition coefficient (Wildman–Crippen LogP) is 1.84. The molecule has 0 radical (unpaired) electrons. The lowest BCUT2D eigenvalue weighted by atomic mass is 10.1. The van der Waals surface area contributed by atoms with E-state index < -0.39 is 0 Å². The monoisotopic (exact) mass is 229 g/mol. The Morgan fingerprint density at radius 2 is 2.19 bits per heavy atom. The van der Waals surface area contributed by atoms with Crippen LogP contribution in [-0.2, 0) is 14.3 Å². The molecule has 0 bridgehead atoms. The van der Waals surface area contributed by atoms with Crippen molar-refractivity contribution in [2.75, 3.05) is 19.7 Å². The Balaban J connectivity index is 1.97. The zero-order chi connectivity index (χ0) is 11.6. The summed E-state index contributed by atoms with van der Waals surface area (Å²) in [5, 5.41) is 3.12. The van der Waals surface area contributed by atoms with Crippen molar-refractivity contribution in [2.24, 2.45) is 0 Å². The fourth-order valence-corrected chi connectivity index (χ4v) is 1.70. The second-order valence-electron chi connectivity index (χ2n) is 4.16. The van der Waals surface area contributed by atoms with Crippen LogP contribution in [0.1, 0.15) is 45.4 Å². The first-order chi connectivity index (χ1) is 7.83. The first-order valence-corrected chi connectivity index (χ1v) is 6.34. The molecule has 1 unspecified atom stereocenters. The zero-order valence-electron chi connectivity index (χ0n) is 10.2. The minimum atomic E-state index is -0.378. The average Bonchev–Trinajstić information content (AvgIpc) is 2.30. The van der Waals surface area contributed by atoms with Gasteiger partial charge in [0, 0.05) is 13.0 Å². The number of morpholine rings is 1. The van der Waals surface area contributed by atoms with Gasteiger partial charge in [-0.05, 0) is 6.42 Å². The topological polar surface area (TPSA) is 47.6 Å². The van der Waals surface area contributed by atoms with E-state index in [1.807, 2.05) is 0 Å². The van der Waals surface area contributed by atoms with Crippen LogP contribution in [0.5, 0.6) is 0 Å². The highest BCUT2D eigenvalue weighted by molar-refractivity contribution is 5.69. The first kappa shape index (κ1) is 13.5. The summed E-state index contributed by atoms with van der Waals surface area (Å²) in [6.45, 7) is 4.25. The maximum absolute atomic E-state index is 11.4. The molecule has 16 heavy (non-hydrogen) atoms. The summed E-state index contributed by atoms with van der Waals surface area (Å²) in [6.07, 6.45) is 5.88. The number of rotatable bonds is 7. The first-order valence-electron chi connectivity index (χ1n) is 6.34. The molecule has 1 N–H and O–H groups in total. The number of unbranched alkanes of at least 4 members (excludes halogenated alkanes) is 4. The fraction of sp³-hybridized carbons (Fsp3) is 0.917. The fourth-order valence-electron chi connectivity index (χ4n) is 1.70. The van der Waals surface area contributed by atoms with Gasteiger partial charge in [0.05, 0.1) is 13.2 Å². The molecule has 0 aliphatic carbocycles. The van der Waals surface area contributed by atoms with Gasteiger partial charge in [-0.1, -0.05) is 32.6 Å². The molecule has 4 heteroatoms. The van der Waals surface area contributed by atoms with Crippen LogP contribution in [0.3, 0.4) is 0 Å². The molecule has 1 heterocycles. The van der Waals surface area contributed by atoms with Crippen LogP contribution in [0.4, 0.5) is 0 Å². The molecule has 0 spiro atoms. The maximum atomic E-state index is 11.4. The van der Waals surface area contributed by atoms with Gasteiger partial charge in [-0.3, -0.25) is 4.79 Å². The molecule has 0 aromatic heterocycles. The van der Waals surface area contributed by atoms with Crippen molar-refractivity contribution in [2.45, 2.75) is 51.7 Å². The summed E-state index contributed by atoms with van der Waals surface area (Å²) >= 11 is 0. The van der Waals surface area contributed by atoms with Crippen molar-refractivity contribution in [3.8, 4) is 0 Å². The Morgan fingerprint density at radius 3 is 2.88 bits per heavy atom. The van der Waals surface area contributed by atoms with Crippen molar-refractivity contribution < 1.29 is 14.3 Å². The molecule has 0 aromatic rings. The molecule has 0 aromatic carbocycles. The van der Waals surface area contributed by atoms with Gasteiger partial charge >= 0.3 is 5.97 Å². The molecule has 4 nitrogen and oxygen atoms in total. The molecule has 0 saturated carbocycles. The lowest BCUT2D eigenvalue weighted by Gasteiger charge is -2.23. The van der Waals surface area contributed by atoms with Gasteiger partial charge in [0.2, 0.25) is 6.29 Å². The van der Waals surface area contributed by atoms with Gasteiger partial charge in [-0.2, -0.15) is 0 Å². The number of hydrogen-bond acceptors (Lipinski definition) is 4. The highest BCUT2D eigenvalue weighted by atomic mass is 16.7. The Bertz CT molecular complexity index is 191. The van der Waals surface area contributed by atoms with Crippen LogP contribution in [0.25, 0.3) is 0 Å². The van der Waals surface area contributed by atoms with Crippen LogP contribution in [0.15, 0.2) is 0 Å². The minimum absolute atomic E-state index is 0.134. The van der Waals surface area contributed by atoms with Crippen LogP contribution < -0.4 is 5.32 Å². The van der Waals surface area contributed by atoms with Gasteiger partial charge in [0.1, 0.15) is 0 Å². The van der Waals surface area contributed by atoms with E-state index in [2.05, 4.69) is 12.2 Å². The summed E-state index contributed by atoms with van der Waals surface area (Å²) in [5.74, 6) is -0.134. The summed E-state index contributed by atoms with van der Waals surface area (Å²) < 4.78 is 10.5. The molecule has 0 amide bonds. The number of ether oxygens (including phenoxy) is 2. The van der Waals surface area contributed by atoms with E-state index >= 15 is 0 Å². The standard InChI is InChI=1S/C12H23NO3/c1-2-3-4-5-6-7-11(14)16-12-10-13-8-9-15-12/h12-13H,2-10H2,1H3. The third-order valence-electron chi connectivity index (χ3n) is 2.64. The third kappa shape index (κ3) is 6.08. The highest BCUT2D eigenvalue weighted by Gasteiger charge is 2.17. The van der Waals surface area contributed by atoms with Gasteiger partial charge < -0.3 is 14.8 Å². The molecule has 1 fully saturated rings. The summed E-state index contributed by atoms with van der Waals surface area (Å²) in [7, 11) is 0. The van der Waals surface area contributed by atoms with Gasteiger partial charge in [0.25, 0.3) is 0 Å². The maximum Gasteiger partial charge on any atom is 0.308 e. The SMILES string of the molecule is CCCCCCCC(=O)OC1CNCCO1. The van der Waals surface area contributed by atoms with Crippen molar-refractivity contribution in [1.29, 1.82) is 0 Å². The normalized spacial score (nSPS) is 20.7. The Kier molecular flexibility index (Phi) is 7.17. The zero-order valence-corrected chi connectivity index (χ0v) is 10.2. The molecule has 1 atom stereocenters. The molecule has 94 valence electrons. The smallest absolute Gasteiger partial charge is 0.308 e. The van der Waals surface area contributed by atoms with E-state index in [0.717, 1.165) is 19.4 Å². The molecule has 1 rings (SSSR count). The number of nitrogens with one attached hydrogen (secondary N) is 1. The van der Waals surface area contributed by atoms with E-state index in [9.17, 15) is 4.79 Å². The van der Waals surface area contributed by atoms with Gasteiger partial charge in [0.15, 0.2) is 0 Å². The van der Waals surface area contributed by atoms with Crippen molar-refractivity contribution in [3.05, 3.63) is 0 Å². The molecule has 1 aliphatic heterocycles. The largest absolute Gasteiger partial charge is 0.434 e.